The van der Waals surface area contributed by atoms with Gasteiger partial charge in [-0.15, -0.1) is 0 Å². The average molecular weight is 462 g/mol. The van der Waals surface area contributed by atoms with Crippen LogP contribution in [0, 0.1) is 0 Å². The Kier molecular flexibility index (Phi) is 7.93. The Hall–Kier alpha value is -3.27. The second-order valence-electron chi connectivity index (χ2n) is 6.76. The molecule has 0 bridgehead atoms. The first-order chi connectivity index (χ1) is 15.5. The minimum atomic E-state index is -0.958. The molecule has 0 fully saturated rings. The van der Waals surface area contributed by atoms with Gasteiger partial charge in [0.2, 0.25) is 6.86 Å². The summed E-state index contributed by atoms with van der Waals surface area (Å²) in [5, 5.41) is 8.35. The molecule has 2 aromatic carbocycles. The van der Waals surface area contributed by atoms with Crippen molar-refractivity contribution in [2.24, 2.45) is 5.10 Å². The number of alkyl halides is 1. The van der Waals surface area contributed by atoms with Gasteiger partial charge in [-0.2, -0.15) is 5.10 Å². The Morgan fingerprint density at radius 1 is 1.19 bits per heavy atom. The fourth-order valence-corrected chi connectivity index (χ4v) is 4.07. The summed E-state index contributed by atoms with van der Waals surface area (Å²) in [5.74, 6) is 0.685. The Morgan fingerprint density at radius 2 is 1.94 bits per heavy atom. The molecule has 1 unspecified atom stereocenters. The lowest BCUT2D eigenvalue weighted by Crippen LogP contribution is -2.34. The zero-order chi connectivity index (χ0) is 23.1. The van der Waals surface area contributed by atoms with E-state index in [9.17, 15) is 14.0 Å². The second-order valence-corrected chi connectivity index (χ2v) is 7.91. The molecule has 10 heteroatoms. The number of methoxy groups -OCH3 is 2. The maximum Gasteiger partial charge on any atom is 0.411 e. The van der Waals surface area contributed by atoms with Crippen molar-refractivity contribution in [2.45, 2.75) is 25.1 Å². The van der Waals surface area contributed by atoms with E-state index in [0.29, 0.717) is 23.6 Å². The summed E-state index contributed by atoms with van der Waals surface area (Å²) >= 11 is 1.21. The van der Waals surface area contributed by atoms with Gasteiger partial charge in [-0.3, -0.25) is 10.1 Å². The largest absolute Gasteiger partial charge is 0.493 e. The van der Waals surface area contributed by atoms with E-state index in [4.69, 9.17) is 9.47 Å². The van der Waals surface area contributed by atoms with Crippen molar-refractivity contribution in [1.29, 1.82) is 0 Å². The first-order valence-electron chi connectivity index (χ1n) is 9.86. The molecule has 0 saturated heterocycles. The van der Waals surface area contributed by atoms with E-state index in [0.717, 1.165) is 16.8 Å². The molecule has 2 aromatic rings. The molecule has 0 spiro atoms. The predicted molar refractivity (Wildman–Crippen MR) is 121 cm³/mol. The Bertz CT molecular complexity index is 1000. The number of carbonyl (C=O) groups is 2. The molecule has 0 saturated carbocycles. The highest BCUT2D eigenvalue weighted by Crippen LogP contribution is 2.34. The van der Waals surface area contributed by atoms with E-state index in [1.165, 1.54) is 31.0 Å². The topological polar surface area (TPSA) is 89.5 Å². The van der Waals surface area contributed by atoms with Crippen LogP contribution in [-0.2, 0) is 11.3 Å². The van der Waals surface area contributed by atoms with Crippen LogP contribution in [0.15, 0.2) is 47.6 Å². The number of ether oxygens (including phenoxy) is 3. The third-order valence-corrected chi connectivity index (χ3v) is 6.00. The van der Waals surface area contributed by atoms with Crippen LogP contribution in [0.2, 0.25) is 0 Å². The molecule has 0 aliphatic carbocycles. The number of carbonyl (C=O) groups excluding carboxylic acids is 2. The number of hydrogen-bond donors (Lipinski definition) is 1. The lowest BCUT2D eigenvalue weighted by atomic mass is 10.0. The second kappa shape index (κ2) is 10.9. The summed E-state index contributed by atoms with van der Waals surface area (Å²) in [7, 11) is 2.77. The van der Waals surface area contributed by atoms with Crippen molar-refractivity contribution >= 4 is 34.5 Å². The van der Waals surface area contributed by atoms with Crippen molar-refractivity contribution in [3.63, 3.8) is 0 Å². The molecule has 8 nitrogen and oxygen atoms in total. The van der Waals surface area contributed by atoms with Gasteiger partial charge < -0.3 is 14.2 Å². The first-order valence-corrected chi connectivity index (χ1v) is 10.7. The third-order valence-electron chi connectivity index (χ3n) is 4.75. The van der Waals surface area contributed by atoms with Gasteiger partial charge >= 0.3 is 11.3 Å². The van der Waals surface area contributed by atoms with Crippen molar-refractivity contribution in [3.05, 3.63) is 53.6 Å². The van der Waals surface area contributed by atoms with Crippen LogP contribution >= 0.6 is 11.8 Å². The van der Waals surface area contributed by atoms with E-state index >= 15 is 0 Å². The maximum absolute atomic E-state index is 12.7. The van der Waals surface area contributed by atoms with E-state index in [2.05, 4.69) is 15.2 Å². The molecule has 1 aliphatic rings. The van der Waals surface area contributed by atoms with Gasteiger partial charge in [0.25, 0.3) is 0 Å². The number of hydrazone groups is 1. The van der Waals surface area contributed by atoms with E-state index in [-0.39, 0.29) is 17.0 Å². The van der Waals surface area contributed by atoms with Crippen LogP contribution in [-0.4, -0.2) is 48.4 Å². The Balaban J connectivity index is 1.85. The predicted octanol–water partition coefficient (Wildman–Crippen LogP) is 5.03. The molecule has 1 aliphatic heterocycles. The number of rotatable bonds is 8. The highest BCUT2D eigenvalue weighted by Gasteiger charge is 2.30. The van der Waals surface area contributed by atoms with Gasteiger partial charge in [-0.1, -0.05) is 30.8 Å². The molecule has 32 heavy (non-hydrogen) atoms. The summed E-state index contributed by atoms with van der Waals surface area (Å²) in [6, 6.07) is 12.2. The van der Waals surface area contributed by atoms with Gasteiger partial charge in [0, 0.05) is 11.3 Å². The van der Waals surface area contributed by atoms with Gasteiger partial charge in [-0.05, 0) is 42.3 Å². The highest BCUT2D eigenvalue weighted by atomic mass is 32.2. The number of nitrogens with zero attached hydrogens (tertiary/aromatic N) is 2. The minimum Gasteiger partial charge on any atom is -0.493 e. The van der Waals surface area contributed by atoms with Crippen LogP contribution in [0.5, 0.6) is 11.5 Å². The van der Waals surface area contributed by atoms with E-state index < -0.39 is 13.0 Å². The smallest absolute Gasteiger partial charge is 0.411 e. The van der Waals surface area contributed by atoms with E-state index in [1.807, 2.05) is 6.92 Å². The van der Waals surface area contributed by atoms with Crippen molar-refractivity contribution in [3.8, 4) is 11.5 Å². The normalized spacial score (nSPS) is 15.8. The summed E-state index contributed by atoms with van der Waals surface area (Å²) in [6.07, 6.45) is 0.153. The van der Waals surface area contributed by atoms with Gasteiger partial charge in [0.05, 0.1) is 31.7 Å². The number of thioether (sulfide) groups is 1. The average Bonchev–Trinajstić information content (AvgIpc) is 2.81. The van der Waals surface area contributed by atoms with Crippen LogP contribution in [0.1, 0.15) is 24.5 Å². The maximum atomic E-state index is 12.7. The quantitative estimate of drug-likeness (QED) is 0.593. The third kappa shape index (κ3) is 5.50. The molecule has 1 atom stereocenters. The molecular formula is C22H24FN3O5S. The molecule has 170 valence electrons. The number of amides is 2. The fraction of sp³-hybridized carbons (Fsp3) is 0.318. The highest BCUT2D eigenvalue weighted by molar-refractivity contribution is 8.14. The number of nitrogens with one attached hydrogen (secondary N) is 1. The van der Waals surface area contributed by atoms with Gasteiger partial charge in [0.1, 0.15) is 0 Å². The van der Waals surface area contributed by atoms with Crippen LogP contribution in [0.4, 0.5) is 19.7 Å². The zero-order valence-corrected chi connectivity index (χ0v) is 18.8. The lowest BCUT2D eigenvalue weighted by molar-refractivity contribution is 0.184. The summed E-state index contributed by atoms with van der Waals surface area (Å²) in [5.41, 5.74) is 2.92. The van der Waals surface area contributed by atoms with Crippen LogP contribution < -0.4 is 14.8 Å². The molecule has 0 aromatic heterocycles. The Labute approximate surface area is 189 Å². The van der Waals surface area contributed by atoms with Crippen LogP contribution in [0.25, 0.3) is 0 Å². The summed E-state index contributed by atoms with van der Waals surface area (Å²) in [6.45, 7) is 1.30. The molecule has 3 rings (SSSR count). The van der Waals surface area contributed by atoms with Crippen molar-refractivity contribution in [2.75, 3.05) is 26.4 Å². The van der Waals surface area contributed by atoms with Crippen LogP contribution in [0.3, 0.4) is 0 Å². The Morgan fingerprint density at radius 3 is 2.56 bits per heavy atom. The summed E-state index contributed by atoms with van der Waals surface area (Å²) in [4.78, 5) is 24.0. The first kappa shape index (κ1) is 23.4. The fourth-order valence-electron chi connectivity index (χ4n) is 3.13. The summed E-state index contributed by atoms with van der Waals surface area (Å²) < 4.78 is 27.4. The zero-order valence-electron chi connectivity index (χ0n) is 18.0. The van der Waals surface area contributed by atoms with Gasteiger partial charge in [0.15, 0.2) is 11.5 Å². The molecule has 1 heterocycles. The SMILES string of the molecule is CCC1SC(=O)N(Cc2ccc(NC(=O)OC)cc2)N=C1c1ccc(OCF)c(OC)c1. The molecule has 0 radical (unpaired) electrons. The lowest BCUT2D eigenvalue weighted by Gasteiger charge is -2.28. The van der Waals surface area contributed by atoms with Crippen molar-refractivity contribution in [1.82, 2.24) is 5.01 Å². The monoisotopic (exact) mass is 461 g/mol. The standard InChI is InChI=1S/C22H24FN3O5S/c1-4-19-20(15-7-10-17(31-13-23)18(11-15)29-2)25-26(22(28)32-19)12-14-5-8-16(9-6-14)24-21(27)30-3/h5-11,19H,4,12-13H2,1-3H3,(H,24,27). The molecule has 1 N–H and O–H groups in total. The van der Waals surface area contributed by atoms with Crippen molar-refractivity contribution < 1.29 is 28.2 Å². The number of hydrogen-bond acceptors (Lipinski definition) is 7. The number of benzene rings is 2. The minimum absolute atomic E-state index is 0.122. The van der Waals surface area contributed by atoms with Gasteiger partial charge in [-0.25, -0.2) is 14.2 Å². The van der Waals surface area contributed by atoms with E-state index in [1.54, 1.807) is 42.5 Å². The molecular weight excluding hydrogens is 437 g/mol. The number of halogens is 1. The molecule has 2 amide bonds. The number of anilines is 1.